The Morgan fingerprint density at radius 2 is 2.24 bits per heavy atom. The summed E-state index contributed by atoms with van der Waals surface area (Å²) >= 11 is 2.46. The van der Waals surface area contributed by atoms with Crippen molar-refractivity contribution < 1.29 is 24.3 Å². The number of hydrogen-bond donors (Lipinski definition) is 3. The number of anilines is 1. The van der Waals surface area contributed by atoms with Crippen LogP contribution in [0.1, 0.15) is 11.4 Å². The second-order valence-electron chi connectivity index (χ2n) is 6.72. The number of amides is 2. The van der Waals surface area contributed by atoms with Crippen molar-refractivity contribution in [2.45, 2.75) is 11.4 Å². The van der Waals surface area contributed by atoms with Gasteiger partial charge in [0.15, 0.2) is 10.8 Å². The highest BCUT2D eigenvalue weighted by molar-refractivity contribution is 8.00. The maximum absolute atomic E-state index is 12.8. The van der Waals surface area contributed by atoms with Crippen LogP contribution in [0, 0.1) is 0 Å². The number of β-lactam (4-membered cyclic amide) rings is 1. The predicted molar refractivity (Wildman–Crippen MR) is 121 cm³/mol. The molecule has 4 N–H and O–H groups in total. The first-order valence-electron chi connectivity index (χ1n) is 9.41. The molecule has 170 valence electrons. The fraction of sp³-hybridized carbons (Fsp3) is 0.211. The molecule has 33 heavy (non-hydrogen) atoms. The van der Waals surface area contributed by atoms with Gasteiger partial charge in [-0.3, -0.25) is 14.5 Å². The molecule has 0 saturated carbocycles. The SMILES string of the molecule is CO/N=C(/C(=O)NC1C(=O)N2C(C(=O)O)=C(/C=C/c3cccnn3)CS[C@H]12)c1csc(N)n1. The fourth-order valence-electron chi connectivity index (χ4n) is 3.26. The maximum atomic E-state index is 12.8. The van der Waals surface area contributed by atoms with Gasteiger partial charge in [0.25, 0.3) is 11.8 Å². The lowest BCUT2D eigenvalue weighted by Gasteiger charge is -2.49. The summed E-state index contributed by atoms with van der Waals surface area (Å²) in [6, 6.07) is 2.50. The standard InChI is InChI=1S/C19H17N7O5S2/c1-31-25-12(11-8-33-19(20)22-11)15(27)23-13-16(28)26-14(18(29)30)9(7-32-17(13)26)4-5-10-3-2-6-21-24-10/h2-6,8,13,17H,7H2,1H3,(H2,20,22)(H,23,27)(H,29,30)/b5-4+,25-12+/t13?,17-/m1/s1. The molecule has 4 rings (SSSR count). The van der Waals surface area contributed by atoms with Gasteiger partial charge in [-0.15, -0.1) is 23.1 Å². The van der Waals surface area contributed by atoms with Gasteiger partial charge in [0.1, 0.15) is 29.9 Å². The Hall–Kier alpha value is -3.78. The first-order chi connectivity index (χ1) is 15.9. The van der Waals surface area contributed by atoms with Gasteiger partial charge in [-0.05, 0) is 23.8 Å². The average Bonchev–Trinajstić information content (AvgIpc) is 3.25. The van der Waals surface area contributed by atoms with Crippen LogP contribution in [0.3, 0.4) is 0 Å². The number of allylic oxidation sites excluding steroid dienone is 1. The lowest BCUT2D eigenvalue weighted by molar-refractivity contribution is -0.150. The molecule has 1 saturated heterocycles. The van der Waals surface area contributed by atoms with E-state index in [1.54, 1.807) is 24.3 Å². The molecular weight excluding hydrogens is 470 g/mol. The van der Waals surface area contributed by atoms with Gasteiger partial charge in [0.2, 0.25) is 0 Å². The molecule has 1 fully saturated rings. The molecule has 12 nitrogen and oxygen atoms in total. The number of rotatable bonds is 7. The maximum Gasteiger partial charge on any atom is 0.352 e. The summed E-state index contributed by atoms with van der Waals surface area (Å²) < 4.78 is 0. The number of fused-ring (bicyclic) bond motifs is 1. The molecule has 14 heteroatoms. The monoisotopic (exact) mass is 487 g/mol. The summed E-state index contributed by atoms with van der Waals surface area (Å²) in [6.07, 6.45) is 4.76. The molecule has 2 amide bonds. The molecule has 2 aromatic heterocycles. The van der Waals surface area contributed by atoms with Crippen molar-refractivity contribution >= 4 is 57.8 Å². The number of nitrogens with one attached hydrogen (secondary N) is 1. The third-order valence-corrected chi connectivity index (χ3v) is 6.67. The lowest BCUT2D eigenvalue weighted by Crippen LogP contribution is -2.71. The Morgan fingerprint density at radius 1 is 1.42 bits per heavy atom. The number of carboxylic acid groups (broad SMARTS) is 1. The number of aromatic nitrogens is 3. The van der Waals surface area contributed by atoms with Crippen molar-refractivity contribution in [3.63, 3.8) is 0 Å². The van der Waals surface area contributed by atoms with Gasteiger partial charge in [-0.1, -0.05) is 11.2 Å². The van der Waals surface area contributed by atoms with Gasteiger partial charge in [-0.25, -0.2) is 9.78 Å². The molecule has 1 unspecified atom stereocenters. The molecule has 2 aromatic rings. The molecule has 0 aromatic carbocycles. The van der Waals surface area contributed by atoms with Crippen LogP contribution >= 0.6 is 23.1 Å². The van der Waals surface area contributed by atoms with Crippen LogP contribution in [0.4, 0.5) is 5.13 Å². The van der Waals surface area contributed by atoms with Crippen LogP contribution in [0.15, 0.2) is 46.2 Å². The molecular formula is C19H17N7O5S2. The topological polar surface area (TPSA) is 173 Å². The Morgan fingerprint density at radius 3 is 2.88 bits per heavy atom. The zero-order chi connectivity index (χ0) is 23.5. The number of nitrogens with zero attached hydrogens (tertiary/aromatic N) is 5. The minimum absolute atomic E-state index is 0.132. The van der Waals surface area contributed by atoms with Crippen molar-refractivity contribution in [1.82, 2.24) is 25.4 Å². The minimum atomic E-state index is -1.24. The van der Waals surface area contributed by atoms with Crippen molar-refractivity contribution in [3.8, 4) is 0 Å². The van der Waals surface area contributed by atoms with E-state index >= 15 is 0 Å². The highest BCUT2D eigenvalue weighted by Crippen LogP contribution is 2.40. The van der Waals surface area contributed by atoms with Crippen LogP contribution < -0.4 is 11.1 Å². The molecule has 0 aliphatic carbocycles. The van der Waals surface area contributed by atoms with E-state index in [1.807, 2.05) is 0 Å². The van der Waals surface area contributed by atoms with Crippen molar-refractivity contribution in [2.75, 3.05) is 18.6 Å². The van der Waals surface area contributed by atoms with Crippen LogP contribution in [-0.4, -0.2) is 73.0 Å². The van der Waals surface area contributed by atoms with Crippen LogP contribution in [0.25, 0.3) is 6.08 Å². The van der Waals surface area contributed by atoms with E-state index in [-0.39, 0.29) is 22.2 Å². The number of nitrogens with two attached hydrogens (primary N) is 1. The summed E-state index contributed by atoms with van der Waals surface area (Å²) in [5.41, 5.74) is 6.56. The van der Waals surface area contributed by atoms with Crippen LogP contribution in [-0.2, 0) is 19.2 Å². The number of thiazole rings is 1. The van der Waals surface area contributed by atoms with E-state index in [2.05, 4.69) is 25.7 Å². The Bertz CT molecular complexity index is 1190. The summed E-state index contributed by atoms with van der Waals surface area (Å²) in [7, 11) is 1.27. The third kappa shape index (κ3) is 4.42. The molecule has 2 aliphatic rings. The largest absolute Gasteiger partial charge is 0.477 e. The number of nitrogen functional groups attached to an aromatic ring is 1. The van der Waals surface area contributed by atoms with Gasteiger partial charge in [-0.2, -0.15) is 10.2 Å². The predicted octanol–water partition coefficient (Wildman–Crippen LogP) is 0.318. The molecule has 0 radical (unpaired) electrons. The quantitative estimate of drug-likeness (QED) is 0.280. The number of carboxylic acids is 1. The minimum Gasteiger partial charge on any atom is -0.477 e. The van der Waals surface area contributed by atoms with Crippen molar-refractivity contribution in [3.05, 3.63) is 52.4 Å². The third-order valence-electron chi connectivity index (χ3n) is 4.70. The molecule has 0 spiro atoms. The van der Waals surface area contributed by atoms with E-state index in [1.165, 1.54) is 35.3 Å². The lowest BCUT2D eigenvalue weighted by atomic mass is 10.0. The average molecular weight is 488 g/mol. The van der Waals surface area contributed by atoms with E-state index in [0.29, 0.717) is 17.0 Å². The molecule has 0 bridgehead atoms. The second kappa shape index (κ2) is 9.38. The summed E-state index contributed by atoms with van der Waals surface area (Å²) in [5, 5.41) is 25.0. The number of oxime groups is 1. The zero-order valence-corrected chi connectivity index (χ0v) is 18.7. The van der Waals surface area contributed by atoms with E-state index in [4.69, 9.17) is 10.6 Å². The van der Waals surface area contributed by atoms with Crippen LogP contribution in [0.2, 0.25) is 0 Å². The Balaban J connectivity index is 1.53. The van der Waals surface area contributed by atoms with Gasteiger partial charge >= 0.3 is 5.97 Å². The highest BCUT2D eigenvalue weighted by atomic mass is 32.2. The van der Waals surface area contributed by atoms with Gasteiger partial charge in [0, 0.05) is 17.3 Å². The Kier molecular flexibility index (Phi) is 6.37. The fourth-order valence-corrected chi connectivity index (χ4v) is 5.13. The van der Waals surface area contributed by atoms with Crippen molar-refractivity contribution in [1.29, 1.82) is 0 Å². The summed E-state index contributed by atoms with van der Waals surface area (Å²) in [4.78, 5) is 47.5. The van der Waals surface area contributed by atoms with Crippen LogP contribution in [0.5, 0.6) is 0 Å². The second-order valence-corrected chi connectivity index (χ2v) is 8.71. The number of thioether (sulfide) groups is 1. The molecule has 2 atom stereocenters. The Labute approximate surface area is 195 Å². The molecule has 4 heterocycles. The zero-order valence-electron chi connectivity index (χ0n) is 17.0. The number of carbonyl (C=O) groups excluding carboxylic acids is 2. The van der Waals surface area contributed by atoms with E-state index in [9.17, 15) is 19.5 Å². The van der Waals surface area contributed by atoms with Crippen molar-refractivity contribution in [2.24, 2.45) is 5.16 Å². The smallest absolute Gasteiger partial charge is 0.352 e. The first kappa shape index (κ1) is 22.4. The van der Waals surface area contributed by atoms with Gasteiger partial charge in [0.05, 0.1) is 5.69 Å². The number of aliphatic carboxylic acids is 1. The highest BCUT2D eigenvalue weighted by Gasteiger charge is 2.54. The number of carbonyl (C=O) groups is 3. The normalized spacial score (nSPS) is 20.5. The van der Waals surface area contributed by atoms with E-state index in [0.717, 1.165) is 11.3 Å². The van der Waals surface area contributed by atoms with Gasteiger partial charge < -0.3 is 21.0 Å². The first-order valence-corrected chi connectivity index (χ1v) is 11.3. The van der Waals surface area contributed by atoms with E-state index < -0.39 is 29.2 Å². The molecule has 2 aliphatic heterocycles. The number of hydrogen-bond acceptors (Lipinski definition) is 11. The summed E-state index contributed by atoms with van der Waals surface area (Å²) in [5.74, 6) is -2.15. The summed E-state index contributed by atoms with van der Waals surface area (Å²) in [6.45, 7) is 0.